The molecule has 29 heavy (non-hydrogen) atoms. The van der Waals surface area contributed by atoms with Gasteiger partial charge in [-0.15, -0.1) is 0 Å². The zero-order chi connectivity index (χ0) is 21.6. The SMILES string of the molecule is CS(=O)(=O)NCc1cnc(-c2ccc([C@@H](O)[C@@H](CF)NC(=O)C(Cl)Cl)cc2)cn1. The van der Waals surface area contributed by atoms with Gasteiger partial charge in [0.2, 0.25) is 10.0 Å². The van der Waals surface area contributed by atoms with E-state index in [0.29, 0.717) is 22.5 Å². The predicted octanol–water partition coefficient (Wildman–Crippen LogP) is 1.48. The van der Waals surface area contributed by atoms with E-state index in [-0.39, 0.29) is 6.54 Å². The molecule has 0 saturated carbocycles. The minimum absolute atomic E-state index is 0.0268. The number of aromatic nitrogens is 2. The molecule has 3 N–H and O–H groups in total. The van der Waals surface area contributed by atoms with Crippen LogP contribution in [0.2, 0.25) is 0 Å². The van der Waals surface area contributed by atoms with Crippen LogP contribution in [-0.4, -0.2) is 53.2 Å². The molecule has 1 heterocycles. The first-order chi connectivity index (χ1) is 13.6. The quantitative estimate of drug-likeness (QED) is 0.483. The van der Waals surface area contributed by atoms with Gasteiger partial charge in [-0.1, -0.05) is 47.5 Å². The maximum absolute atomic E-state index is 13.2. The van der Waals surface area contributed by atoms with Crippen molar-refractivity contribution in [3.05, 3.63) is 47.9 Å². The van der Waals surface area contributed by atoms with E-state index < -0.39 is 39.6 Å². The molecule has 0 aliphatic heterocycles. The first-order valence-corrected chi connectivity index (χ1v) is 11.1. The lowest BCUT2D eigenvalue weighted by Gasteiger charge is -2.22. The molecule has 1 aromatic heterocycles. The molecular formula is C17H19Cl2FN4O4S. The van der Waals surface area contributed by atoms with Crippen LogP contribution in [0.4, 0.5) is 4.39 Å². The van der Waals surface area contributed by atoms with Gasteiger partial charge in [-0.25, -0.2) is 17.5 Å². The molecule has 2 rings (SSSR count). The van der Waals surface area contributed by atoms with Crippen molar-refractivity contribution in [1.82, 2.24) is 20.0 Å². The molecule has 2 aromatic rings. The van der Waals surface area contributed by atoms with Crippen LogP contribution in [0, 0.1) is 0 Å². The van der Waals surface area contributed by atoms with E-state index in [1.165, 1.54) is 12.4 Å². The van der Waals surface area contributed by atoms with Crippen LogP contribution in [0.15, 0.2) is 36.7 Å². The summed E-state index contributed by atoms with van der Waals surface area (Å²) in [5, 5.41) is 12.5. The minimum Gasteiger partial charge on any atom is -0.386 e. The number of carbonyl (C=O) groups is 1. The first kappa shape index (κ1) is 23.4. The molecule has 0 unspecified atom stereocenters. The normalized spacial score (nSPS) is 13.9. The third-order valence-electron chi connectivity index (χ3n) is 3.84. The van der Waals surface area contributed by atoms with Gasteiger partial charge in [0.15, 0.2) is 4.84 Å². The molecule has 0 aliphatic carbocycles. The van der Waals surface area contributed by atoms with Gasteiger partial charge in [-0.05, 0) is 5.56 Å². The number of carbonyl (C=O) groups excluding carboxylic acids is 1. The fraction of sp³-hybridized carbons (Fsp3) is 0.353. The molecule has 0 radical (unpaired) electrons. The van der Waals surface area contributed by atoms with Crippen molar-refractivity contribution in [3.63, 3.8) is 0 Å². The molecule has 0 fully saturated rings. The lowest BCUT2D eigenvalue weighted by atomic mass is 10.0. The summed E-state index contributed by atoms with van der Waals surface area (Å²) in [5.74, 6) is -0.799. The Morgan fingerprint density at radius 2 is 1.86 bits per heavy atom. The summed E-state index contributed by atoms with van der Waals surface area (Å²) in [6, 6.07) is 5.23. The number of amides is 1. The number of nitrogens with one attached hydrogen (secondary N) is 2. The summed E-state index contributed by atoms with van der Waals surface area (Å²) >= 11 is 10.8. The van der Waals surface area contributed by atoms with Crippen molar-refractivity contribution in [3.8, 4) is 11.3 Å². The van der Waals surface area contributed by atoms with Crippen molar-refractivity contribution in [1.29, 1.82) is 0 Å². The van der Waals surface area contributed by atoms with Gasteiger partial charge < -0.3 is 10.4 Å². The van der Waals surface area contributed by atoms with E-state index in [1.807, 2.05) is 0 Å². The number of nitrogens with zero attached hydrogens (tertiary/aromatic N) is 2. The molecule has 0 saturated heterocycles. The Balaban J connectivity index is 2.08. The summed E-state index contributed by atoms with van der Waals surface area (Å²) in [4.78, 5) is 18.5. The molecular weight excluding hydrogens is 446 g/mol. The standard InChI is InChI=1S/C17H19Cl2FN4O4S/c1-29(27,28)23-8-12-7-22-14(9-21-12)10-2-4-11(5-3-10)15(25)13(6-20)24-17(26)16(18)19/h2-5,7,9,13,15-16,23,25H,6,8H2,1H3,(H,24,26)/t13-,15-/m1/s1. The van der Waals surface area contributed by atoms with E-state index >= 15 is 0 Å². The number of aliphatic hydroxyl groups excluding tert-OH is 1. The molecule has 12 heteroatoms. The van der Waals surface area contributed by atoms with Crippen LogP contribution in [0.5, 0.6) is 0 Å². The summed E-state index contributed by atoms with van der Waals surface area (Å²) in [6.07, 6.45) is 2.67. The monoisotopic (exact) mass is 464 g/mol. The summed E-state index contributed by atoms with van der Waals surface area (Å²) in [7, 11) is -3.33. The fourth-order valence-corrected chi connectivity index (χ4v) is 2.87. The Morgan fingerprint density at radius 3 is 2.34 bits per heavy atom. The maximum atomic E-state index is 13.2. The first-order valence-electron chi connectivity index (χ1n) is 8.29. The van der Waals surface area contributed by atoms with Gasteiger partial charge in [0.25, 0.3) is 5.91 Å². The lowest BCUT2D eigenvalue weighted by molar-refractivity contribution is -0.121. The average molecular weight is 465 g/mol. The second kappa shape index (κ2) is 10.3. The number of hydrogen-bond donors (Lipinski definition) is 3. The minimum atomic E-state index is -3.33. The van der Waals surface area contributed by atoms with E-state index in [2.05, 4.69) is 20.0 Å². The number of sulfonamides is 1. The van der Waals surface area contributed by atoms with Gasteiger partial charge in [0, 0.05) is 5.56 Å². The van der Waals surface area contributed by atoms with Gasteiger partial charge in [-0.3, -0.25) is 14.8 Å². The number of hydrogen-bond acceptors (Lipinski definition) is 6. The van der Waals surface area contributed by atoms with Crippen LogP contribution >= 0.6 is 23.2 Å². The number of benzene rings is 1. The molecule has 2 atom stereocenters. The number of aliphatic hydroxyl groups is 1. The molecule has 8 nitrogen and oxygen atoms in total. The fourth-order valence-electron chi connectivity index (χ4n) is 2.33. The zero-order valence-electron chi connectivity index (χ0n) is 15.2. The largest absolute Gasteiger partial charge is 0.386 e. The second-order valence-corrected chi connectivity index (χ2v) is 9.05. The van der Waals surface area contributed by atoms with E-state index in [1.54, 1.807) is 24.3 Å². The van der Waals surface area contributed by atoms with Crippen molar-refractivity contribution < 1.29 is 22.7 Å². The van der Waals surface area contributed by atoms with Crippen LogP contribution in [0.3, 0.4) is 0 Å². The number of rotatable bonds is 9. The third kappa shape index (κ3) is 7.16. The van der Waals surface area contributed by atoms with Gasteiger partial charge in [0.1, 0.15) is 12.8 Å². The van der Waals surface area contributed by atoms with Crippen molar-refractivity contribution in [2.24, 2.45) is 0 Å². The summed E-state index contributed by atoms with van der Waals surface area (Å²) in [5.41, 5.74) is 2.03. The smallest absolute Gasteiger partial charge is 0.253 e. The van der Waals surface area contributed by atoms with Crippen molar-refractivity contribution >= 4 is 39.1 Å². The van der Waals surface area contributed by atoms with Crippen molar-refractivity contribution in [2.75, 3.05) is 12.9 Å². The highest BCUT2D eigenvalue weighted by atomic mass is 35.5. The Hall–Kier alpha value is -1.85. The summed E-state index contributed by atoms with van der Waals surface area (Å²) < 4.78 is 37.7. The Morgan fingerprint density at radius 1 is 1.21 bits per heavy atom. The second-order valence-electron chi connectivity index (χ2n) is 6.12. The molecule has 1 amide bonds. The Bertz CT molecular complexity index is 927. The molecule has 0 bridgehead atoms. The van der Waals surface area contributed by atoms with Crippen LogP contribution < -0.4 is 10.0 Å². The van der Waals surface area contributed by atoms with Crippen LogP contribution in [0.1, 0.15) is 17.4 Å². The molecule has 1 aromatic carbocycles. The van der Waals surface area contributed by atoms with E-state index in [9.17, 15) is 22.7 Å². The van der Waals surface area contributed by atoms with E-state index in [4.69, 9.17) is 23.2 Å². The van der Waals surface area contributed by atoms with Gasteiger partial charge in [0.05, 0.1) is 42.6 Å². The van der Waals surface area contributed by atoms with Crippen LogP contribution in [0.25, 0.3) is 11.3 Å². The molecule has 0 aliphatic rings. The number of alkyl halides is 3. The maximum Gasteiger partial charge on any atom is 0.253 e. The highest BCUT2D eigenvalue weighted by Crippen LogP contribution is 2.22. The van der Waals surface area contributed by atoms with Crippen LogP contribution in [-0.2, 0) is 21.4 Å². The molecule has 158 valence electrons. The average Bonchev–Trinajstić information content (AvgIpc) is 2.69. The molecule has 0 spiro atoms. The topological polar surface area (TPSA) is 121 Å². The Labute approximate surface area is 177 Å². The third-order valence-corrected chi connectivity index (χ3v) is 4.91. The number of halogens is 3. The van der Waals surface area contributed by atoms with Gasteiger partial charge in [-0.2, -0.15) is 0 Å². The summed E-state index contributed by atoms with van der Waals surface area (Å²) in [6.45, 7) is -0.983. The van der Waals surface area contributed by atoms with E-state index in [0.717, 1.165) is 6.26 Å². The van der Waals surface area contributed by atoms with Crippen molar-refractivity contribution in [2.45, 2.75) is 23.5 Å². The highest BCUT2D eigenvalue weighted by molar-refractivity contribution is 7.88. The highest BCUT2D eigenvalue weighted by Gasteiger charge is 2.25. The lowest BCUT2D eigenvalue weighted by Crippen LogP contribution is -2.43. The zero-order valence-corrected chi connectivity index (χ0v) is 17.5. The Kier molecular flexibility index (Phi) is 8.29. The van der Waals surface area contributed by atoms with Gasteiger partial charge >= 0.3 is 0 Å². The predicted molar refractivity (Wildman–Crippen MR) is 108 cm³/mol.